The molecule has 150 valence electrons. The lowest BCUT2D eigenvalue weighted by Crippen LogP contribution is -2.44. The number of hydrogen-bond donors (Lipinski definition) is 1. The van der Waals surface area contributed by atoms with Crippen LogP contribution in [0.4, 0.5) is 5.69 Å². The minimum atomic E-state index is -1.43. The lowest BCUT2D eigenvalue weighted by molar-refractivity contribution is -0.145. The van der Waals surface area contributed by atoms with Crippen LogP contribution in [-0.4, -0.2) is 26.5 Å². The van der Waals surface area contributed by atoms with E-state index in [1.54, 1.807) is 48.5 Å². The molecule has 1 heterocycles. The van der Waals surface area contributed by atoms with Gasteiger partial charge in [-0.15, -0.1) is 0 Å². The van der Waals surface area contributed by atoms with Crippen LogP contribution >= 0.6 is 23.2 Å². The van der Waals surface area contributed by atoms with Gasteiger partial charge in [0.1, 0.15) is 23.8 Å². The molecule has 0 bridgehead atoms. The van der Waals surface area contributed by atoms with E-state index in [-0.39, 0.29) is 0 Å². The van der Waals surface area contributed by atoms with Gasteiger partial charge in [-0.1, -0.05) is 23.2 Å². The number of hydrogen-bond acceptors (Lipinski definition) is 5. The Bertz CT molecular complexity index is 988. The fourth-order valence-electron chi connectivity index (χ4n) is 2.45. The molecule has 7 nitrogen and oxygen atoms in total. The molecular formula is C20H18Cl2N4O3. The molecule has 0 aliphatic heterocycles. The molecule has 0 saturated carbocycles. The number of carbonyl (C=O) groups is 2. The Hall–Kier alpha value is -2.90. The quantitative estimate of drug-likeness (QED) is 0.559. The number of amides is 1. The zero-order valence-corrected chi connectivity index (χ0v) is 17.2. The van der Waals surface area contributed by atoms with E-state index >= 15 is 0 Å². The number of benzene rings is 2. The van der Waals surface area contributed by atoms with Gasteiger partial charge in [0.05, 0.1) is 0 Å². The summed E-state index contributed by atoms with van der Waals surface area (Å²) in [6, 6.07) is 13.1. The highest BCUT2D eigenvalue weighted by Crippen LogP contribution is 2.29. The number of ketones is 1. The van der Waals surface area contributed by atoms with Crippen LogP contribution in [-0.2, 0) is 9.59 Å². The number of ether oxygens (including phenoxy) is 1. The highest BCUT2D eigenvalue weighted by Gasteiger charge is 2.42. The van der Waals surface area contributed by atoms with Crippen LogP contribution in [0.3, 0.4) is 0 Å². The molecule has 1 N–H and O–H groups in total. The van der Waals surface area contributed by atoms with Crippen LogP contribution in [0.25, 0.3) is 0 Å². The summed E-state index contributed by atoms with van der Waals surface area (Å²) >= 11 is 11.8. The van der Waals surface area contributed by atoms with Gasteiger partial charge in [0.25, 0.3) is 6.23 Å². The van der Waals surface area contributed by atoms with Gasteiger partial charge in [0.2, 0.25) is 11.7 Å². The normalized spacial score (nSPS) is 12.3. The molecule has 2 aromatic carbocycles. The Kier molecular flexibility index (Phi) is 6.20. The summed E-state index contributed by atoms with van der Waals surface area (Å²) < 4.78 is 7.09. The lowest BCUT2D eigenvalue weighted by atomic mass is 9.85. The Morgan fingerprint density at radius 3 is 2.17 bits per heavy atom. The summed E-state index contributed by atoms with van der Waals surface area (Å²) in [6.07, 6.45) is 1.45. The molecule has 0 radical (unpaired) electrons. The monoisotopic (exact) mass is 432 g/mol. The highest BCUT2D eigenvalue weighted by atomic mass is 35.5. The number of aromatic nitrogens is 3. The summed E-state index contributed by atoms with van der Waals surface area (Å²) in [6.45, 7) is 3.05. The zero-order valence-electron chi connectivity index (χ0n) is 15.7. The van der Waals surface area contributed by atoms with Gasteiger partial charge in [-0.2, -0.15) is 5.10 Å². The van der Waals surface area contributed by atoms with Crippen molar-refractivity contribution in [2.45, 2.75) is 20.1 Å². The van der Waals surface area contributed by atoms with Crippen molar-refractivity contribution >= 4 is 40.6 Å². The zero-order chi connectivity index (χ0) is 21.0. The Labute approximate surface area is 177 Å². The van der Waals surface area contributed by atoms with Crippen LogP contribution in [0, 0.1) is 5.41 Å². The standard InChI is InChI=1S/C20H18Cl2N4O3/c1-20(2,19(28)25-15-7-3-13(21)4-8-15)17(27)18(26-12-23-11-24-26)29-16-9-5-14(22)6-10-16/h3-12,18H,1-2H3,(H,25,28). The smallest absolute Gasteiger partial charge is 0.252 e. The summed E-state index contributed by atoms with van der Waals surface area (Å²) in [4.78, 5) is 30.0. The molecule has 0 fully saturated rings. The van der Waals surface area contributed by atoms with E-state index in [4.69, 9.17) is 27.9 Å². The van der Waals surface area contributed by atoms with E-state index in [1.807, 2.05) is 0 Å². The van der Waals surface area contributed by atoms with E-state index in [2.05, 4.69) is 15.4 Å². The predicted octanol–water partition coefficient (Wildman–Crippen LogP) is 4.40. The highest BCUT2D eigenvalue weighted by molar-refractivity contribution is 6.30. The third-order valence-electron chi connectivity index (χ3n) is 4.25. The van der Waals surface area contributed by atoms with Gasteiger partial charge in [-0.05, 0) is 62.4 Å². The van der Waals surface area contributed by atoms with Crippen molar-refractivity contribution < 1.29 is 14.3 Å². The van der Waals surface area contributed by atoms with Crippen molar-refractivity contribution in [3.8, 4) is 5.75 Å². The molecule has 1 aromatic heterocycles. The average molecular weight is 433 g/mol. The SMILES string of the molecule is CC(C)(C(=O)Nc1ccc(Cl)cc1)C(=O)C(Oc1ccc(Cl)cc1)n1cncn1. The Balaban J connectivity index is 1.84. The summed E-state index contributed by atoms with van der Waals surface area (Å²) in [5.74, 6) is -0.587. The van der Waals surface area contributed by atoms with Crippen LogP contribution in [0.1, 0.15) is 20.1 Å². The third kappa shape index (κ3) is 4.93. The van der Waals surface area contributed by atoms with Crippen molar-refractivity contribution in [3.05, 3.63) is 71.2 Å². The molecule has 3 rings (SSSR count). The summed E-state index contributed by atoms with van der Waals surface area (Å²) in [5, 5.41) is 7.80. The van der Waals surface area contributed by atoms with Crippen LogP contribution in [0.15, 0.2) is 61.2 Å². The maximum atomic E-state index is 13.3. The molecule has 0 spiro atoms. The van der Waals surface area contributed by atoms with Gasteiger partial charge >= 0.3 is 0 Å². The summed E-state index contributed by atoms with van der Waals surface area (Å²) in [5.41, 5.74) is -0.904. The Morgan fingerprint density at radius 1 is 1.03 bits per heavy atom. The van der Waals surface area contributed by atoms with E-state index in [9.17, 15) is 9.59 Å². The summed E-state index contributed by atoms with van der Waals surface area (Å²) in [7, 11) is 0. The number of carbonyl (C=O) groups excluding carboxylic acids is 2. The van der Waals surface area contributed by atoms with Crippen molar-refractivity contribution in [3.63, 3.8) is 0 Å². The first kappa shape index (κ1) is 20.8. The second kappa shape index (κ2) is 8.63. The lowest BCUT2D eigenvalue weighted by Gasteiger charge is -2.27. The van der Waals surface area contributed by atoms with Crippen LogP contribution in [0.2, 0.25) is 10.0 Å². The topological polar surface area (TPSA) is 86.1 Å². The molecule has 3 aromatic rings. The van der Waals surface area contributed by atoms with Gasteiger partial charge in [-0.3, -0.25) is 9.59 Å². The maximum absolute atomic E-state index is 13.3. The molecular weight excluding hydrogens is 415 g/mol. The van der Waals surface area contributed by atoms with Crippen molar-refractivity contribution in [1.82, 2.24) is 14.8 Å². The third-order valence-corrected chi connectivity index (χ3v) is 4.75. The maximum Gasteiger partial charge on any atom is 0.252 e. The number of anilines is 1. The van der Waals surface area contributed by atoms with Crippen molar-refractivity contribution in [2.24, 2.45) is 5.41 Å². The van der Waals surface area contributed by atoms with Gasteiger partial charge in [-0.25, -0.2) is 9.67 Å². The van der Waals surface area contributed by atoms with Crippen molar-refractivity contribution in [1.29, 1.82) is 0 Å². The Morgan fingerprint density at radius 2 is 1.62 bits per heavy atom. The fraction of sp³-hybridized carbons (Fsp3) is 0.200. The molecule has 1 atom stereocenters. The number of nitrogens with one attached hydrogen (secondary N) is 1. The number of nitrogens with zero attached hydrogens (tertiary/aromatic N) is 3. The molecule has 29 heavy (non-hydrogen) atoms. The van der Waals surface area contributed by atoms with Gasteiger partial charge in [0, 0.05) is 15.7 Å². The molecule has 0 aliphatic rings. The second-order valence-corrected chi connectivity index (χ2v) is 7.62. The number of rotatable bonds is 7. The number of halogens is 2. The van der Waals surface area contributed by atoms with Gasteiger partial charge < -0.3 is 10.1 Å². The molecule has 9 heteroatoms. The minimum absolute atomic E-state index is 0.400. The van der Waals surface area contributed by atoms with Crippen LogP contribution in [0.5, 0.6) is 5.75 Å². The number of Topliss-reactive ketones (excluding diaryl/α,β-unsaturated/α-hetero) is 1. The molecule has 1 amide bonds. The minimum Gasteiger partial charge on any atom is -0.461 e. The van der Waals surface area contributed by atoms with E-state index in [0.717, 1.165) is 0 Å². The van der Waals surface area contributed by atoms with E-state index in [1.165, 1.54) is 31.2 Å². The largest absolute Gasteiger partial charge is 0.461 e. The fourth-order valence-corrected chi connectivity index (χ4v) is 2.70. The first-order valence-corrected chi connectivity index (χ1v) is 9.40. The van der Waals surface area contributed by atoms with E-state index < -0.39 is 23.3 Å². The van der Waals surface area contributed by atoms with Gasteiger partial charge in [0.15, 0.2) is 0 Å². The van der Waals surface area contributed by atoms with E-state index in [0.29, 0.717) is 21.5 Å². The first-order valence-electron chi connectivity index (χ1n) is 8.65. The first-order chi connectivity index (χ1) is 13.8. The van der Waals surface area contributed by atoms with Crippen LogP contribution < -0.4 is 10.1 Å². The molecule has 0 saturated heterocycles. The second-order valence-electron chi connectivity index (χ2n) is 6.75. The average Bonchev–Trinajstić information content (AvgIpc) is 3.23. The molecule has 0 aliphatic carbocycles. The van der Waals surface area contributed by atoms with Crippen molar-refractivity contribution in [2.75, 3.05) is 5.32 Å². The molecule has 1 unspecified atom stereocenters. The predicted molar refractivity (Wildman–Crippen MR) is 110 cm³/mol.